The van der Waals surface area contributed by atoms with Crippen LogP contribution in [-0.2, 0) is 10.0 Å². The van der Waals surface area contributed by atoms with E-state index < -0.39 is 15.8 Å². The van der Waals surface area contributed by atoms with Crippen molar-refractivity contribution in [2.75, 3.05) is 11.8 Å². The summed E-state index contributed by atoms with van der Waals surface area (Å²) < 4.78 is 51.6. The van der Waals surface area contributed by atoms with Gasteiger partial charge in [0.15, 0.2) is 0 Å². The lowest BCUT2D eigenvalue weighted by atomic mass is 10.1. The molecule has 0 aliphatic rings. The van der Waals surface area contributed by atoms with Crippen LogP contribution in [0, 0.1) is 12.7 Å². The van der Waals surface area contributed by atoms with E-state index in [1.165, 1.54) is 38.6 Å². The molecule has 0 atom stereocenters. The van der Waals surface area contributed by atoms with Crippen molar-refractivity contribution in [2.24, 2.45) is 0 Å². The summed E-state index contributed by atoms with van der Waals surface area (Å²) in [5, 5.41) is 0. The molecule has 25 heavy (non-hydrogen) atoms. The van der Waals surface area contributed by atoms with Crippen LogP contribution in [0.4, 0.5) is 10.1 Å². The highest BCUT2D eigenvalue weighted by Crippen LogP contribution is 2.32. The lowest BCUT2D eigenvalue weighted by molar-refractivity contribution is 0.415. The molecule has 0 amide bonds. The molecule has 0 aliphatic heterocycles. The number of nitrogens with zero attached hydrogens (tertiary/aromatic N) is 1. The molecule has 130 valence electrons. The second-order valence-electron chi connectivity index (χ2n) is 5.27. The van der Waals surface area contributed by atoms with Gasteiger partial charge in [-0.3, -0.25) is 4.72 Å². The molecule has 0 saturated carbocycles. The number of aromatic nitrogens is 1. The average Bonchev–Trinajstić information content (AvgIpc) is 3.11. The topological polar surface area (TPSA) is 81.4 Å². The number of methoxy groups -OCH3 is 1. The summed E-state index contributed by atoms with van der Waals surface area (Å²) in [5.74, 6) is 0.296. The molecule has 0 bridgehead atoms. The zero-order valence-electron chi connectivity index (χ0n) is 13.5. The van der Waals surface area contributed by atoms with Gasteiger partial charge in [-0.1, -0.05) is 0 Å². The fourth-order valence-corrected chi connectivity index (χ4v) is 3.43. The van der Waals surface area contributed by atoms with Gasteiger partial charge in [-0.25, -0.2) is 17.8 Å². The fraction of sp³-hybridized carbons (Fsp3) is 0.118. The maximum atomic E-state index is 13.4. The van der Waals surface area contributed by atoms with Gasteiger partial charge in [0, 0.05) is 0 Å². The highest BCUT2D eigenvalue weighted by Gasteiger charge is 2.19. The molecule has 8 heteroatoms. The van der Waals surface area contributed by atoms with Crippen molar-refractivity contribution in [3.63, 3.8) is 0 Å². The van der Waals surface area contributed by atoms with Crippen LogP contribution in [-0.4, -0.2) is 20.5 Å². The number of nitrogens with one attached hydrogen (secondary N) is 1. The van der Waals surface area contributed by atoms with E-state index in [1.807, 2.05) is 0 Å². The van der Waals surface area contributed by atoms with Crippen molar-refractivity contribution >= 4 is 15.7 Å². The molecule has 3 aromatic rings. The minimum atomic E-state index is -3.91. The van der Waals surface area contributed by atoms with E-state index in [0.29, 0.717) is 11.3 Å². The first kappa shape index (κ1) is 17.0. The number of sulfonamides is 1. The van der Waals surface area contributed by atoms with E-state index in [4.69, 9.17) is 9.15 Å². The van der Waals surface area contributed by atoms with Gasteiger partial charge in [-0.15, -0.1) is 0 Å². The van der Waals surface area contributed by atoms with Crippen LogP contribution in [0.1, 0.15) is 5.56 Å². The summed E-state index contributed by atoms with van der Waals surface area (Å²) in [7, 11) is -2.41. The molecule has 6 nitrogen and oxygen atoms in total. The van der Waals surface area contributed by atoms with Crippen molar-refractivity contribution < 1.29 is 22.0 Å². The summed E-state index contributed by atoms with van der Waals surface area (Å²) in [6, 6.07) is 8.37. The van der Waals surface area contributed by atoms with Crippen LogP contribution in [0.3, 0.4) is 0 Å². The molecule has 1 N–H and O–H groups in total. The van der Waals surface area contributed by atoms with Crippen LogP contribution in [0.5, 0.6) is 5.75 Å². The molecule has 0 fully saturated rings. The Kier molecular flexibility index (Phi) is 4.45. The number of halogens is 1. The SMILES string of the molecule is COc1ccc(NS(=O)(=O)c2ccc(F)c(C)c2)c(-c2ncco2)c1. The molecule has 0 saturated heterocycles. The predicted molar refractivity (Wildman–Crippen MR) is 90.4 cm³/mol. The summed E-state index contributed by atoms with van der Waals surface area (Å²) in [5.41, 5.74) is 0.933. The first-order chi connectivity index (χ1) is 11.9. The van der Waals surface area contributed by atoms with Gasteiger partial charge in [-0.2, -0.15) is 0 Å². The first-order valence-corrected chi connectivity index (χ1v) is 8.76. The van der Waals surface area contributed by atoms with Gasteiger partial charge >= 0.3 is 0 Å². The minimum Gasteiger partial charge on any atom is -0.497 e. The predicted octanol–water partition coefficient (Wildman–Crippen LogP) is 3.60. The van der Waals surface area contributed by atoms with E-state index in [2.05, 4.69) is 9.71 Å². The largest absolute Gasteiger partial charge is 0.497 e. The Labute approximate surface area is 144 Å². The van der Waals surface area contributed by atoms with Gasteiger partial charge in [-0.05, 0) is 48.9 Å². The number of rotatable bonds is 5. The highest BCUT2D eigenvalue weighted by atomic mass is 32.2. The number of hydrogen-bond acceptors (Lipinski definition) is 5. The number of hydrogen-bond donors (Lipinski definition) is 1. The van der Waals surface area contributed by atoms with Crippen LogP contribution in [0.2, 0.25) is 0 Å². The Morgan fingerprint density at radius 3 is 2.64 bits per heavy atom. The van der Waals surface area contributed by atoms with Crippen molar-refractivity contribution in [2.45, 2.75) is 11.8 Å². The molecule has 0 spiro atoms. The molecule has 1 aromatic heterocycles. The van der Waals surface area contributed by atoms with Crippen LogP contribution in [0.15, 0.2) is 58.2 Å². The van der Waals surface area contributed by atoms with Gasteiger partial charge < -0.3 is 9.15 Å². The molecule has 0 aliphatic carbocycles. The lowest BCUT2D eigenvalue weighted by Gasteiger charge is -2.13. The third kappa shape index (κ3) is 3.48. The summed E-state index contributed by atoms with van der Waals surface area (Å²) in [6.45, 7) is 1.50. The van der Waals surface area contributed by atoms with Gasteiger partial charge in [0.1, 0.15) is 17.8 Å². The minimum absolute atomic E-state index is 0.0411. The number of oxazole rings is 1. The maximum absolute atomic E-state index is 13.4. The summed E-state index contributed by atoms with van der Waals surface area (Å²) in [6.07, 6.45) is 2.84. The van der Waals surface area contributed by atoms with E-state index >= 15 is 0 Å². The Hall–Kier alpha value is -2.87. The van der Waals surface area contributed by atoms with Crippen molar-refractivity contribution in [3.8, 4) is 17.2 Å². The number of benzene rings is 2. The standard InChI is InChI=1S/C17H15FN2O4S/c1-11-9-13(4-5-15(11)18)25(21,22)20-16-6-3-12(23-2)10-14(16)17-19-7-8-24-17/h3-10,20H,1-2H3. The summed E-state index contributed by atoms with van der Waals surface area (Å²) in [4.78, 5) is 4.00. The zero-order chi connectivity index (χ0) is 18.0. The van der Waals surface area contributed by atoms with Crippen LogP contribution >= 0.6 is 0 Å². The van der Waals surface area contributed by atoms with E-state index in [1.54, 1.807) is 18.2 Å². The van der Waals surface area contributed by atoms with Gasteiger partial charge in [0.2, 0.25) is 5.89 Å². The molecule has 2 aromatic carbocycles. The third-order valence-corrected chi connectivity index (χ3v) is 4.94. The molecular weight excluding hydrogens is 347 g/mol. The molecule has 0 radical (unpaired) electrons. The number of ether oxygens (including phenoxy) is 1. The van der Waals surface area contributed by atoms with Crippen molar-refractivity contribution in [1.29, 1.82) is 0 Å². The Bertz CT molecular complexity index is 1000. The average molecular weight is 362 g/mol. The Morgan fingerprint density at radius 2 is 2.00 bits per heavy atom. The number of anilines is 1. The molecule has 3 rings (SSSR count). The quantitative estimate of drug-likeness (QED) is 0.750. The first-order valence-electron chi connectivity index (χ1n) is 7.27. The maximum Gasteiger partial charge on any atom is 0.261 e. The van der Waals surface area contributed by atoms with E-state index in [9.17, 15) is 12.8 Å². The fourth-order valence-electron chi connectivity index (χ4n) is 2.26. The van der Waals surface area contributed by atoms with Crippen LogP contribution in [0.25, 0.3) is 11.5 Å². The van der Waals surface area contributed by atoms with Gasteiger partial charge in [0.25, 0.3) is 10.0 Å². The van der Waals surface area contributed by atoms with Crippen molar-refractivity contribution in [3.05, 3.63) is 60.2 Å². The van der Waals surface area contributed by atoms with Crippen LogP contribution < -0.4 is 9.46 Å². The molecule has 1 heterocycles. The molecule has 0 unspecified atom stereocenters. The summed E-state index contributed by atoms with van der Waals surface area (Å²) >= 11 is 0. The molecular formula is C17H15FN2O4S. The second-order valence-corrected chi connectivity index (χ2v) is 6.95. The number of aryl methyl sites for hydroxylation is 1. The third-order valence-electron chi connectivity index (χ3n) is 3.57. The zero-order valence-corrected chi connectivity index (χ0v) is 14.3. The highest BCUT2D eigenvalue weighted by molar-refractivity contribution is 7.92. The Morgan fingerprint density at radius 1 is 1.20 bits per heavy atom. The second kappa shape index (κ2) is 6.56. The Balaban J connectivity index is 2.03. The van der Waals surface area contributed by atoms with Crippen molar-refractivity contribution in [1.82, 2.24) is 4.98 Å². The van der Waals surface area contributed by atoms with E-state index in [-0.39, 0.29) is 22.0 Å². The lowest BCUT2D eigenvalue weighted by Crippen LogP contribution is -2.14. The monoisotopic (exact) mass is 362 g/mol. The van der Waals surface area contributed by atoms with Gasteiger partial charge in [0.05, 0.1) is 29.5 Å². The smallest absolute Gasteiger partial charge is 0.261 e. The van der Waals surface area contributed by atoms with E-state index in [0.717, 1.165) is 6.07 Å². The normalized spacial score (nSPS) is 11.3.